The van der Waals surface area contributed by atoms with Crippen LogP contribution < -0.4 is 5.32 Å². The number of rotatable bonds is 6. The maximum atomic E-state index is 13.0. The molecule has 4 rings (SSSR count). The van der Waals surface area contributed by atoms with Crippen molar-refractivity contribution in [2.45, 2.75) is 24.8 Å². The molecular formula is C21H23NO3. The summed E-state index contributed by atoms with van der Waals surface area (Å²) in [6.45, 7) is -0.0668. The largest absolute Gasteiger partial charge is 0.469 e. The second-order valence-electron chi connectivity index (χ2n) is 7.09. The predicted octanol–water partition coefficient (Wildman–Crippen LogP) is 2.91. The summed E-state index contributed by atoms with van der Waals surface area (Å²) < 4.78 is 5.61. The number of benzene rings is 1. The molecule has 25 heavy (non-hydrogen) atoms. The van der Waals surface area contributed by atoms with Crippen molar-refractivity contribution in [3.05, 3.63) is 72.2 Å². The van der Waals surface area contributed by atoms with Crippen LogP contribution in [0.1, 0.15) is 23.7 Å². The minimum atomic E-state index is -0.268. The Balaban J connectivity index is 1.48. The number of amides is 1. The summed E-state index contributed by atoms with van der Waals surface area (Å²) >= 11 is 0. The van der Waals surface area contributed by atoms with E-state index in [2.05, 4.69) is 17.5 Å². The lowest BCUT2D eigenvalue weighted by atomic mass is 9.80. The van der Waals surface area contributed by atoms with Crippen molar-refractivity contribution < 1.29 is 14.3 Å². The van der Waals surface area contributed by atoms with E-state index in [-0.39, 0.29) is 36.3 Å². The van der Waals surface area contributed by atoms with Gasteiger partial charge < -0.3 is 14.8 Å². The molecule has 2 N–H and O–H groups in total. The van der Waals surface area contributed by atoms with Gasteiger partial charge >= 0.3 is 0 Å². The Kier molecular flexibility index (Phi) is 4.45. The van der Waals surface area contributed by atoms with Crippen LogP contribution >= 0.6 is 0 Å². The topological polar surface area (TPSA) is 62.5 Å². The van der Waals surface area contributed by atoms with E-state index in [0.29, 0.717) is 12.3 Å². The molecule has 0 spiro atoms. The number of carbonyl (C=O) groups is 1. The molecule has 1 aromatic carbocycles. The lowest BCUT2D eigenvalue weighted by Crippen LogP contribution is -2.44. The number of aliphatic hydroxyl groups excluding tert-OH is 1. The van der Waals surface area contributed by atoms with Crippen LogP contribution in [0.2, 0.25) is 0 Å². The first-order chi connectivity index (χ1) is 12.3. The van der Waals surface area contributed by atoms with Gasteiger partial charge in [-0.15, -0.1) is 0 Å². The van der Waals surface area contributed by atoms with Crippen LogP contribution in [0.15, 0.2) is 65.3 Å². The molecule has 1 saturated carbocycles. The van der Waals surface area contributed by atoms with Gasteiger partial charge in [-0.3, -0.25) is 4.79 Å². The Hall–Kier alpha value is -2.33. The van der Waals surface area contributed by atoms with E-state index >= 15 is 0 Å². The van der Waals surface area contributed by atoms with Gasteiger partial charge in [0.15, 0.2) is 0 Å². The Morgan fingerprint density at radius 3 is 2.68 bits per heavy atom. The zero-order chi connectivity index (χ0) is 17.2. The Bertz CT molecular complexity index is 738. The molecule has 1 aromatic heterocycles. The highest BCUT2D eigenvalue weighted by Crippen LogP contribution is 2.53. The van der Waals surface area contributed by atoms with E-state index in [4.69, 9.17) is 4.42 Å². The van der Waals surface area contributed by atoms with Crippen LogP contribution in [0.4, 0.5) is 0 Å². The lowest BCUT2D eigenvalue weighted by molar-refractivity contribution is -0.127. The van der Waals surface area contributed by atoms with Crippen molar-refractivity contribution in [3.63, 3.8) is 0 Å². The fourth-order valence-electron chi connectivity index (χ4n) is 4.41. The first-order valence-corrected chi connectivity index (χ1v) is 8.93. The van der Waals surface area contributed by atoms with E-state index in [1.807, 2.05) is 42.5 Å². The summed E-state index contributed by atoms with van der Waals surface area (Å²) in [5.41, 5.74) is 1.11. The van der Waals surface area contributed by atoms with Crippen LogP contribution in [-0.4, -0.2) is 23.7 Å². The minimum Gasteiger partial charge on any atom is -0.469 e. The summed E-state index contributed by atoms with van der Waals surface area (Å²) in [4.78, 5) is 13.0. The number of nitrogens with one attached hydrogen (secondary N) is 1. The average Bonchev–Trinajstić information content (AvgIpc) is 3.38. The van der Waals surface area contributed by atoms with Gasteiger partial charge in [0, 0.05) is 5.92 Å². The normalized spacial score (nSPS) is 28.2. The number of furan rings is 1. The molecule has 0 radical (unpaired) electrons. The second-order valence-corrected chi connectivity index (χ2v) is 7.09. The first kappa shape index (κ1) is 16.2. The third-order valence-corrected chi connectivity index (χ3v) is 5.53. The maximum Gasteiger partial charge on any atom is 0.224 e. The van der Waals surface area contributed by atoms with Gasteiger partial charge in [0.05, 0.1) is 24.8 Å². The third-order valence-electron chi connectivity index (χ3n) is 5.53. The smallest absolute Gasteiger partial charge is 0.224 e. The standard InChI is InChI=1S/C21H23NO3/c23-13-17(11-14-5-2-1-3-6-14)22-21(24)20-16-9-8-15(12-16)19(20)18-7-4-10-25-18/h1-10,15-17,19-20,23H,11-13H2,(H,22,24)/t15-,16+,17+,19-,20-/m1/s1. The van der Waals surface area contributed by atoms with Gasteiger partial charge in [-0.2, -0.15) is 0 Å². The second kappa shape index (κ2) is 6.89. The lowest BCUT2D eigenvalue weighted by Gasteiger charge is -2.27. The van der Waals surface area contributed by atoms with Crippen molar-refractivity contribution in [1.29, 1.82) is 0 Å². The molecule has 0 unspecified atom stereocenters. The molecule has 0 aliphatic heterocycles. The quantitative estimate of drug-likeness (QED) is 0.797. The molecule has 2 aliphatic rings. The molecule has 130 valence electrons. The highest BCUT2D eigenvalue weighted by Gasteiger charge is 2.50. The summed E-state index contributed by atoms with van der Waals surface area (Å²) in [5, 5.41) is 12.8. The monoisotopic (exact) mass is 337 g/mol. The van der Waals surface area contributed by atoms with E-state index in [0.717, 1.165) is 17.7 Å². The van der Waals surface area contributed by atoms with Gasteiger partial charge in [0.25, 0.3) is 0 Å². The number of aliphatic hydroxyl groups is 1. The van der Waals surface area contributed by atoms with Crippen molar-refractivity contribution >= 4 is 5.91 Å². The number of carbonyl (C=O) groups excluding carboxylic acids is 1. The fraction of sp³-hybridized carbons (Fsp3) is 0.381. The highest BCUT2D eigenvalue weighted by molar-refractivity contribution is 5.81. The number of hydrogen-bond donors (Lipinski definition) is 2. The summed E-state index contributed by atoms with van der Waals surface area (Å²) in [6, 6.07) is 13.5. The van der Waals surface area contributed by atoms with Crippen molar-refractivity contribution in [2.24, 2.45) is 17.8 Å². The molecule has 1 heterocycles. The Morgan fingerprint density at radius 2 is 1.96 bits per heavy atom. The molecule has 2 bridgehead atoms. The van der Waals surface area contributed by atoms with E-state index in [9.17, 15) is 9.90 Å². The highest BCUT2D eigenvalue weighted by atomic mass is 16.3. The molecule has 2 aliphatic carbocycles. The maximum absolute atomic E-state index is 13.0. The Morgan fingerprint density at radius 1 is 1.16 bits per heavy atom. The number of allylic oxidation sites excluding steroid dienone is 2. The van der Waals surface area contributed by atoms with Gasteiger partial charge in [-0.25, -0.2) is 0 Å². The third kappa shape index (κ3) is 3.14. The first-order valence-electron chi connectivity index (χ1n) is 8.93. The molecule has 5 atom stereocenters. The zero-order valence-electron chi connectivity index (χ0n) is 14.0. The molecular weight excluding hydrogens is 314 g/mol. The van der Waals surface area contributed by atoms with Gasteiger partial charge in [-0.05, 0) is 42.4 Å². The molecule has 4 nitrogen and oxygen atoms in total. The van der Waals surface area contributed by atoms with Crippen molar-refractivity contribution in [3.8, 4) is 0 Å². The van der Waals surface area contributed by atoms with Crippen LogP contribution in [0, 0.1) is 17.8 Å². The average molecular weight is 337 g/mol. The molecule has 1 fully saturated rings. The fourth-order valence-corrected chi connectivity index (χ4v) is 4.41. The molecule has 1 amide bonds. The van der Waals surface area contributed by atoms with Crippen LogP contribution in [-0.2, 0) is 11.2 Å². The van der Waals surface area contributed by atoms with Gasteiger partial charge in [0.1, 0.15) is 5.76 Å². The van der Waals surface area contributed by atoms with Crippen LogP contribution in [0.3, 0.4) is 0 Å². The Labute approximate surface area is 147 Å². The van der Waals surface area contributed by atoms with Gasteiger partial charge in [-0.1, -0.05) is 42.5 Å². The van der Waals surface area contributed by atoms with E-state index in [1.54, 1.807) is 6.26 Å². The molecule has 2 aromatic rings. The van der Waals surface area contributed by atoms with Crippen LogP contribution in [0.25, 0.3) is 0 Å². The molecule has 4 heteroatoms. The van der Waals surface area contributed by atoms with E-state index < -0.39 is 0 Å². The zero-order valence-corrected chi connectivity index (χ0v) is 14.0. The van der Waals surface area contributed by atoms with E-state index in [1.165, 1.54) is 0 Å². The van der Waals surface area contributed by atoms with Crippen LogP contribution in [0.5, 0.6) is 0 Å². The van der Waals surface area contributed by atoms with Gasteiger partial charge in [0.2, 0.25) is 5.91 Å². The number of fused-ring (bicyclic) bond motifs is 2. The molecule has 0 saturated heterocycles. The summed E-state index contributed by atoms with van der Waals surface area (Å²) in [6.07, 6.45) is 7.69. The van der Waals surface area contributed by atoms with Crippen molar-refractivity contribution in [1.82, 2.24) is 5.32 Å². The number of hydrogen-bond acceptors (Lipinski definition) is 3. The predicted molar refractivity (Wildman–Crippen MR) is 94.8 cm³/mol. The minimum absolute atomic E-state index is 0.0215. The summed E-state index contributed by atoms with van der Waals surface area (Å²) in [7, 11) is 0. The van der Waals surface area contributed by atoms with Crippen molar-refractivity contribution in [2.75, 3.05) is 6.61 Å². The summed E-state index contributed by atoms with van der Waals surface area (Å²) in [5.74, 6) is 1.52. The SMILES string of the molecule is O=C(N[C@H](CO)Cc1ccccc1)[C@H]1[C@@H](c2ccco2)[C@@H]2C=C[C@H]1C2.